The van der Waals surface area contributed by atoms with Crippen molar-refractivity contribution in [2.24, 2.45) is 5.92 Å². The zero-order valence-corrected chi connectivity index (χ0v) is 9.10. The van der Waals surface area contributed by atoms with Gasteiger partial charge >= 0.3 is 0 Å². The first-order chi connectivity index (χ1) is 5.31. The Hall–Kier alpha value is -0.303. The Labute approximate surface area is 73.2 Å². The number of rotatable bonds is 7. The summed E-state index contributed by atoms with van der Waals surface area (Å²) >= 11 is 0. The fraction of sp³-hybridized carbons (Fsp3) is 0.600. The molecular formula is C10H20Si. The van der Waals surface area contributed by atoms with Crippen molar-refractivity contribution in [2.45, 2.75) is 31.9 Å². The third-order valence-electron chi connectivity index (χ3n) is 1.92. The Morgan fingerprint density at radius 1 is 1.36 bits per heavy atom. The number of allylic oxidation sites excluding steroid dienone is 2. The zero-order chi connectivity index (χ0) is 8.53. The van der Waals surface area contributed by atoms with E-state index in [1.165, 1.54) is 24.9 Å². The molecule has 0 aliphatic heterocycles. The Kier molecular flexibility index (Phi) is 7.59. The molecule has 0 aliphatic rings. The fourth-order valence-electron chi connectivity index (χ4n) is 1.18. The van der Waals surface area contributed by atoms with Crippen molar-refractivity contribution >= 4 is 9.52 Å². The molecule has 0 heterocycles. The van der Waals surface area contributed by atoms with Crippen LogP contribution in [0.5, 0.6) is 0 Å². The van der Waals surface area contributed by atoms with Crippen LogP contribution in [0.2, 0.25) is 12.1 Å². The smallest absolute Gasteiger partial charge is 0.0203 e. The van der Waals surface area contributed by atoms with Crippen LogP contribution in [-0.2, 0) is 0 Å². The summed E-state index contributed by atoms with van der Waals surface area (Å²) in [4.78, 5) is 0. The van der Waals surface area contributed by atoms with E-state index in [1.54, 1.807) is 0 Å². The van der Waals surface area contributed by atoms with Gasteiger partial charge in [0.2, 0.25) is 0 Å². The summed E-state index contributed by atoms with van der Waals surface area (Å²) in [7, 11) is 0.214. The summed E-state index contributed by atoms with van der Waals surface area (Å²) in [6.45, 7) is 9.79. The van der Waals surface area contributed by atoms with Gasteiger partial charge < -0.3 is 0 Å². The van der Waals surface area contributed by atoms with Gasteiger partial charge in [0.1, 0.15) is 0 Å². The molecule has 0 fully saturated rings. The summed E-state index contributed by atoms with van der Waals surface area (Å²) in [5.74, 6) is 0.879. The molecule has 0 aromatic rings. The van der Waals surface area contributed by atoms with Gasteiger partial charge in [-0.15, -0.1) is 13.2 Å². The molecule has 0 rings (SSSR count). The molecule has 64 valence electrons. The highest BCUT2D eigenvalue weighted by atomic mass is 28.2. The quantitative estimate of drug-likeness (QED) is 0.311. The first kappa shape index (κ1) is 10.7. The Morgan fingerprint density at radius 3 is 2.64 bits per heavy atom. The third-order valence-corrected chi connectivity index (χ3v) is 4.23. The predicted octanol–water partition coefficient (Wildman–Crippen LogP) is 2.78. The molecule has 0 aliphatic carbocycles. The lowest BCUT2D eigenvalue weighted by molar-refractivity contribution is 0.659. The summed E-state index contributed by atoms with van der Waals surface area (Å²) in [5.41, 5.74) is 0. The standard InChI is InChI=1S/C10H20Si/c1-4-6-8-11-9-10(3)7-5-2/h4-5,10H,1-2,6-9,11H2,3H3. The van der Waals surface area contributed by atoms with E-state index in [-0.39, 0.29) is 9.52 Å². The minimum absolute atomic E-state index is 0.214. The largest absolute Gasteiger partial charge is 0.103 e. The molecule has 0 bridgehead atoms. The number of hydrogen-bond donors (Lipinski definition) is 0. The van der Waals surface area contributed by atoms with Crippen LogP contribution in [0.15, 0.2) is 25.3 Å². The maximum atomic E-state index is 3.74. The van der Waals surface area contributed by atoms with E-state index in [9.17, 15) is 0 Å². The van der Waals surface area contributed by atoms with Gasteiger partial charge in [0, 0.05) is 9.52 Å². The molecule has 0 aromatic carbocycles. The topological polar surface area (TPSA) is 0 Å². The highest BCUT2D eigenvalue weighted by Crippen LogP contribution is 2.09. The maximum Gasteiger partial charge on any atom is 0.0203 e. The Balaban J connectivity index is 3.09. The van der Waals surface area contributed by atoms with Gasteiger partial charge in [0.05, 0.1) is 0 Å². The molecule has 0 saturated carbocycles. The number of hydrogen-bond acceptors (Lipinski definition) is 0. The van der Waals surface area contributed by atoms with Crippen LogP contribution < -0.4 is 0 Å². The highest BCUT2D eigenvalue weighted by Gasteiger charge is 1.97. The first-order valence-corrected chi connectivity index (χ1v) is 6.53. The molecule has 1 heteroatoms. The van der Waals surface area contributed by atoms with E-state index in [2.05, 4.69) is 20.1 Å². The van der Waals surface area contributed by atoms with Crippen LogP contribution in [0, 0.1) is 5.92 Å². The lowest BCUT2D eigenvalue weighted by Gasteiger charge is -2.05. The summed E-state index contributed by atoms with van der Waals surface area (Å²) in [6.07, 6.45) is 6.49. The van der Waals surface area contributed by atoms with E-state index in [0.717, 1.165) is 5.92 Å². The van der Waals surface area contributed by atoms with Crippen molar-refractivity contribution in [3.8, 4) is 0 Å². The molecule has 0 aromatic heterocycles. The van der Waals surface area contributed by atoms with Gasteiger partial charge in [-0.25, -0.2) is 0 Å². The fourth-order valence-corrected chi connectivity index (χ4v) is 2.98. The first-order valence-electron chi connectivity index (χ1n) is 4.53. The summed E-state index contributed by atoms with van der Waals surface area (Å²) in [6, 6.07) is 2.91. The lowest BCUT2D eigenvalue weighted by atomic mass is 10.1. The van der Waals surface area contributed by atoms with Crippen LogP contribution in [0.25, 0.3) is 0 Å². The van der Waals surface area contributed by atoms with Crippen molar-refractivity contribution < 1.29 is 0 Å². The predicted molar refractivity (Wildman–Crippen MR) is 57.0 cm³/mol. The molecule has 0 amide bonds. The van der Waals surface area contributed by atoms with Gasteiger partial charge in [-0.2, -0.15) is 0 Å². The van der Waals surface area contributed by atoms with Gasteiger partial charge in [-0.05, 0) is 18.8 Å². The van der Waals surface area contributed by atoms with Crippen LogP contribution in [0.3, 0.4) is 0 Å². The lowest BCUT2D eigenvalue weighted by Crippen LogP contribution is -1.97. The molecule has 0 saturated heterocycles. The summed E-state index contributed by atoms with van der Waals surface area (Å²) < 4.78 is 0. The molecule has 0 spiro atoms. The molecule has 0 N–H and O–H groups in total. The van der Waals surface area contributed by atoms with Crippen molar-refractivity contribution in [2.75, 3.05) is 0 Å². The SMILES string of the molecule is C=CCC[SiH2]CC(C)CC=C. The van der Waals surface area contributed by atoms with Crippen LogP contribution >= 0.6 is 0 Å². The molecule has 1 unspecified atom stereocenters. The van der Waals surface area contributed by atoms with Gasteiger partial charge in [-0.1, -0.05) is 31.2 Å². The minimum atomic E-state index is 0.214. The maximum absolute atomic E-state index is 3.74. The van der Waals surface area contributed by atoms with Gasteiger partial charge in [0.15, 0.2) is 0 Å². The van der Waals surface area contributed by atoms with Crippen molar-refractivity contribution in [1.29, 1.82) is 0 Å². The third kappa shape index (κ3) is 7.60. The minimum Gasteiger partial charge on any atom is -0.103 e. The molecule has 1 atom stereocenters. The van der Waals surface area contributed by atoms with Crippen LogP contribution in [-0.4, -0.2) is 9.52 Å². The van der Waals surface area contributed by atoms with Crippen molar-refractivity contribution in [3.05, 3.63) is 25.3 Å². The van der Waals surface area contributed by atoms with Gasteiger partial charge in [-0.3, -0.25) is 0 Å². The van der Waals surface area contributed by atoms with E-state index in [0.29, 0.717) is 0 Å². The van der Waals surface area contributed by atoms with Crippen LogP contribution in [0.1, 0.15) is 19.8 Å². The van der Waals surface area contributed by atoms with Crippen LogP contribution in [0.4, 0.5) is 0 Å². The van der Waals surface area contributed by atoms with Crippen molar-refractivity contribution in [1.82, 2.24) is 0 Å². The van der Waals surface area contributed by atoms with Crippen molar-refractivity contribution in [3.63, 3.8) is 0 Å². The molecule has 0 radical (unpaired) electrons. The van der Waals surface area contributed by atoms with E-state index < -0.39 is 0 Å². The normalized spacial score (nSPS) is 13.5. The Bertz CT molecular complexity index is 107. The van der Waals surface area contributed by atoms with E-state index >= 15 is 0 Å². The zero-order valence-electron chi connectivity index (χ0n) is 7.68. The Morgan fingerprint density at radius 2 is 2.09 bits per heavy atom. The summed E-state index contributed by atoms with van der Waals surface area (Å²) in [5, 5.41) is 0. The second-order valence-electron chi connectivity index (χ2n) is 3.20. The van der Waals surface area contributed by atoms with E-state index in [1.807, 2.05) is 12.2 Å². The highest BCUT2D eigenvalue weighted by molar-refractivity contribution is 6.35. The average molecular weight is 168 g/mol. The molecule has 11 heavy (non-hydrogen) atoms. The van der Waals surface area contributed by atoms with E-state index in [4.69, 9.17) is 0 Å². The average Bonchev–Trinajstić information content (AvgIpc) is 1.99. The molecule has 0 nitrogen and oxygen atoms in total. The second-order valence-corrected chi connectivity index (χ2v) is 5.19. The van der Waals surface area contributed by atoms with Gasteiger partial charge in [0.25, 0.3) is 0 Å². The monoisotopic (exact) mass is 168 g/mol. The molecular weight excluding hydrogens is 148 g/mol. The second kappa shape index (κ2) is 7.80.